The van der Waals surface area contributed by atoms with Crippen LogP contribution in [0.15, 0.2) is 4.99 Å². The Hall–Kier alpha value is -1.04. The van der Waals surface area contributed by atoms with E-state index in [1.54, 1.807) is 19.0 Å². The molecule has 0 aromatic rings. The number of amides is 2. The lowest BCUT2D eigenvalue weighted by Gasteiger charge is -2.42. The molecule has 0 aromatic carbocycles. The van der Waals surface area contributed by atoms with Gasteiger partial charge < -0.3 is 9.80 Å². The summed E-state index contributed by atoms with van der Waals surface area (Å²) in [6.07, 6.45) is 0.856. The van der Waals surface area contributed by atoms with Crippen LogP contribution in [0.2, 0.25) is 0 Å². The van der Waals surface area contributed by atoms with E-state index in [-0.39, 0.29) is 17.2 Å². The third-order valence-corrected chi connectivity index (χ3v) is 3.36. The highest BCUT2D eigenvalue weighted by atomic mass is 32.2. The first kappa shape index (κ1) is 10.5. The Kier molecular flexibility index (Phi) is 2.68. The Labute approximate surface area is 92.5 Å². The van der Waals surface area contributed by atoms with Gasteiger partial charge in [0.1, 0.15) is 11.9 Å². The molecule has 0 saturated carbocycles. The first-order valence-corrected chi connectivity index (χ1v) is 5.80. The number of thioether (sulfide) groups is 1. The molecular weight excluding hydrogens is 214 g/mol. The Morgan fingerprint density at radius 3 is 2.73 bits per heavy atom. The molecule has 2 aliphatic rings. The molecule has 1 unspecified atom stereocenters. The van der Waals surface area contributed by atoms with Crippen molar-refractivity contribution in [3.8, 4) is 0 Å². The lowest BCUT2D eigenvalue weighted by atomic mass is 10.0. The number of likely N-dealkylation sites (tertiary alicyclic amines) is 1. The molecule has 0 spiro atoms. The highest BCUT2D eigenvalue weighted by Gasteiger charge is 2.38. The Bertz CT molecular complexity index is 340. The molecule has 1 fully saturated rings. The second-order valence-electron chi connectivity index (χ2n) is 3.81. The van der Waals surface area contributed by atoms with Crippen LogP contribution in [0, 0.1) is 0 Å². The van der Waals surface area contributed by atoms with E-state index in [0.29, 0.717) is 5.75 Å². The summed E-state index contributed by atoms with van der Waals surface area (Å²) in [7, 11) is 3.49. The normalized spacial score (nSPS) is 24.9. The molecule has 6 heteroatoms. The molecule has 82 valence electrons. The highest BCUT2D eigenvalue weighted by molar-refractivity contribution is 8.14. The van der Waals surface area contributed by atoms with E-state index in [1.165, 1.54) is 11.8 Å². The van der Waals surface area contributed by atoms with Crippen molar-refractivity contribution in [1.82, 2.24) is 9.80 Å². The maximum Gasteiger partial charge on any atom is 0.306 e. The third-order valence-electron chi connectivity index (χ3n) is 2.62. The summed E-state index contributed by atoms with van der Waals surface area (Å²) >= 11 is 1.20. The molecule has 0 aliphatic carbocycles. The summed E-state index contributed by atoms with van der Waals surface area (Å²) in [4.78, 5) is 30.1. The minimum atomic E-state index is -0.145. The molecule has 2 heterocycles. The maximum atomic E-state index is 11.7. The fourth-order valence-corrected chi connectivity index (χ4v) is 2.35. The van der Waals surface area contributed by atoms with Gasteiger partial charge in [-0.1, -0.05) is 11.8 Å². The van der Waals surface area contributed by atoms with Crippen LogP contribution in [0.3, 0.4) is 0 Å². The average molecular weight is 227 g/mol. The summed E-state index contributed by atoms with van der Waals surface area (Å²) in [6.45, 7) is 0.830. The van der Waals surface area contributed by atoms with Crippen LogP contribution in [0.1, 0.15) is 6.42 Å². The molecule has 2 amide bonds. The zero-order valence-electron chi connectivity index (χ0n) is 8.77. The average Bonchev–Trinajstić information content (AvgIpc) is 2.49. The zero-order valence-corrected chi connectivity index (χ0v) is 9.58. The van der Waals surface area contributed by atoms with E-state index in [0.717, 1.165) is 18.8 Å². The molecule has 15 heavy (non-hydrogen) atoms. The van der Waals surface area contributed by atoms with Crippen LogP contribution in [-0.2, 0) is 4.79 Å². The quantitative estimate of drug-likeness (QED) is 0.651. The lowest BCUT2D eigenvalue weighted by molar-refractivity contribution is -0.136. The van der Waals surface area contributed by atoms with Crippen LogP contribution >= 0.6 is 11.8 Å². The third kappa shape index (κ3) is 1.86. The highest BCUT2D eigenvalue weighted by Crippen LogP contribution is 2.25. The standard InChI is InChI=1S/C9H13N3O2S/c1-11(2)8(13)6-3-4-12(6)7-5-15-9(14)10-7/h6H,3-5H2,1-2H3. The molecule has 1 atom stereocenters. The summed E-state index contributed by atoms with van der Waals surface area (Å²) in [5.41, 5.74) is 0. The summed E-state index contributed by atoms with van der Waals surface area (Å²) in [6, 6.07) is -0.106. The first-order valence-electron chi connectivity index (χ1n) is 4.81. The van der Waals surface area contributed by atoms with Gasteiger partial charge in [-0.3, -0.25) is 9.59 Å². The molecule has 0 aromatic heterocycles. The number of carbonyl (C=O) groups excluding carboxylic acids is 2. The fraction of sp³-hybridized carbons (Fsp3) is 0.667. The van der Waals surface area contributed by atoms with E-state index < -0.39 is 0 Å². The minimum absolute atomic E-state index is 0.0910. The zero-order chi connectivity index (χ0) is 11.0. The molecule has 0 radical (unpaired) electrons. The molecule has 1 saturated heterocycles. The molecule has 2 rings (SSSR count). The predicted octanol–water partition coefficient (Wildman–Crippen LogP) is 0.414. The van der Waals surface area contributed by atoms with Crippen molar-refractivity contribution in [2.45, 2.75) is 12.5 Å². The van der Waals surface area contributed by atoms with Gasteiger partial charge in [0.2, 0.25) is 5.91 Å². The maximum absolute atomic E-state index is 11.7. The number of likely N-dealkylation sites (N-methyl/N-ethyl adjacent to an activating group) is 1. The minimum Gasteiger partial charge on any atom is -0.347 e. The largest absolute Gasteiger partial charge is 0.347 e. The van der Waals surface area contributed by atoms with Crippen molar-refractivity contribution in [2.75, 3.05) is 26.4 Å². The monoisotopic (exact) mass is 227 g/mol. The van der Waals surface area contributed by atoms with Crippen LogP contribution in [-0.4, -0.2) is 59.2 Å². The second kappa shape index (κ2) is 3.84. The van der Waals surface area contributed by atoms with Gasteiger partial charge in [0.25, 0.3) is 0 Å². The SMILES string of the molecule is CN(C)C(=O)C1CCN1C1=NC(=O)SC1. The predicted molar refractivity (Wildman–Crippen MR) is 59.1 cm³/mol. The molecular formula is C9H13N3O2S. The first-order chi connectivity index (χ1) is 7.09. The van der Waals surface area contributed by atoms with Crippen molar-refractivity contribution in [1.29, 1.82) is 0 Å². The van der Waals surface area contributed by atoms with Gasteiger partial charge in [0.05, 0.1) is 5.75 Å². The van der Waals surface area contributed by atoms with Crippen LogP contribution in [0.5, 0.6) is 0 Å². The van der Waals surface area contributed by atoms with E-state index in [2.05, 4.69) is 4.99 Å². The van der Waals surface area contributed by atoms with Gasteiger partial charge in [-0.05, 0) is 6.42 Å². The van der Waals surface area contributed by atoms with Gasteiger partial charge in [0.15, 0.2) is 0 Å². The van der Waals surface area contributed by atoms with Gasteiger partial charge in [-0.2, -0.15) is 4.99 Å². The number of hydrogen-bond acceptors (Lipinski definition) is 4. The Morgan fingerprint density at radius 2 is 2.33 bits per heavy atom. The van der Waals surface area contributed by atoms with E-state index >= 15 is 0 Å². The van der Waals surface area contributed by atoms with Crippen molar-refractivity contribution in [2.24, 2.45) is 4.99 Å². The summed E-state index contributed by atoms with van der Waals surface area (Å²) in [5, 5.41) is -0.145. The summed E-state index contributed by atoms with van der Waals surface area (Å²) < 4.78 is 0. The molecule has 5 nitrogen and oxygen atoms in total. The Morgan fingerprint density at radius 1 is 1.60 bits per heavy atom. The van der Waals surface area contributed by atoms with E-state index in [4.69, 9.17) is 0 Å². The Balaban J connectivity index is 2.03. The van der Waals surface area contributed by atoms with E-state index in [1.807, 2.05) is 4.90 Å². The van der Waals surface area contributed by atoms with Gasteiger partial charge in [-0.15, -0.1) is 0 Å². The second-order valence-corrected chi connectivity index (χ2v) is 4.74. The van der Waals surface area contributed by atoms with Crippen molar-refractivity contribution in [3.63, 3.8) is 0 Å². The van der Waals surface area contributed by atoms with Crippen LogP contribution in [0.4, 0.5) is 4.79 Å². The number of nitrogens with zero attached hydrogens (tertiary/aromatic N) is 3. The summed E-state index contributed by atoms with van der Waals surface area (Å²) in [5.74, 6) is 1.46. The van der Waals surface area contributed by atoms with Gasteiger partial charge >= 0.3 is 5.24 Å². The van der Waals surface area contributed by atoms with Crippen molar-refractivity contribution in [3.05, 3.63) is 0 Å². The fourth-order valence-electron chi connectivity index (χ4n) is 1.69. The number of hydrogen-bond donors (Lipinski definition) is 0. The molecule has 0 N–H and O–H groups in total. The topological polar surface area (TPSA) is 53.0 Å². The van der Waals surface area contributed by atoms with Gasteiger partial charge in [-0.25, -0.2) is 0 Å². The molecule has 2 aliphatic heterocycles. The number of rotatable bonds is 1. The van der Waals surface area contributed by atoms with Crippen molar-refractivity contribution < 1.29 is 9.59 Å². The smallest absolute Gasteiger partial charge is 0.306 e. The van der Waals surface area contributed by atoms with Gasteiger partial charge in [0, 0.05) is 20.6 Å². The van der Waals surface area contributed by atoms with E-state index in [9.17, 15) is 9.59 Å². The van der Waals surface area contributed by atoms with Crippen molar-refractivity contribution >= 4 is 28.7 Å². The molecule has 0 bridgehead atoms. The van der Waals surface area contributed by atoms with Crippen LogP contribution < -0.4 is 0 Å². The lowest BCUT2D eigenvalue weighted by Crippen LogP contribution is -2.58. The number of amidine groups is 1. The van der Waals surface area contributed by atoms with Crippen LogP contribution in [0.25, 0.3) is 0 Å². The number of aliphatic imine (C=N–C) groups is 1. The number of carbonyl (C=O) groups is 2.